The summed E-state index contributed by atoms with van der Waals surface area (Å²) < 4.78 is 26.3. The average Bonchev–Trinajstić information content (AvgIpc) is 2.35. The zero-order valence-electron chi connectivity index (χ0n) is 13.1. The van der Waals surface area contributed by atoms with E-state index in [0.29, 0.717) is 5.69 Å². The monoisotopic (exact) mass is 313 g/mol. The Morgan fingerprint density at radius 2 is 1.76 bits per heavy atom. The first kappa shape index (κ1) is 17.6. The van der Waals surface area contributed by atoms with E-state index < -0.39 is 16.1 Å². The van der Waals surface area contributed by atoms with E-state index in [4.69, 9.17) is 0 Å². The molecule has 7 heteroatoms. The van der Waals surface area contributed by atoms with Crippen LogP contribution in [0.5, 0.6) is 0 Å². The summed E-state index contributed by atoms with van der Waals surface area (Å²) in [6.45, 7) is 5.84. The van der Waals surface area contributed by atoms with E-state index >= 15 is 0 Å². The summed E-state index contributed by atoms with van der Waals surface area (Å²) in [4.78, 5) is 11.9. The lowest BCUT2D eigenvalue weighted by atomic mass is 9.86. The summed E-state index contributed by atoms with van der Waals surface area (Å²) >= 11 is 0. The van der Waals surface area contributed by atoms with E-state index in [1.54, 1.807) is 6.07 Å². The summed E-state index contributed by atoms with van der Waals surface area (Å²) in [5.41, 5.74) is 1.57. The van der Waals surface area contributed by atoms with Crippen molar-refractivity contribution in [2.45, 2.75) is 26.2 Å². The van der Waals surface area contributed by atoms with E-state index in [-0.39, 0.29) is 12.0 Å². The Hall–Kier alpha value is -1.44. The van der Waals surface area contributed by atoms with Gasteiger partial charge in [0.15, 0.2) is 0 Å². The number of carbonyl (C=O) groups is 1. The number of benzene rings is 1. The second-order valence-electron chi connectivity index (χ2n) is 5.95. The van der Waals surface area contributed by atoms with E-state index in [1.807, 2.05) is 39.0 Å². The minimum atomic E-state index is -3.60. The number of nitrogens with zero attached hydrogens (tertiary/aromatic N) is 1. The molecule has 0 aromatic heterocycles. The molecule has 6 nitrogen and oxygen atoms in total. The molecule has 1 aromatic rings. The second kappa shape index (κ2) is 6.55. The van der Waals surface area contributed by atoms with Crippen molar-refractivity contribution in [3.63, 3.8) is 0 Å². The highest BCUT2D eigenvalue weighted by molar-refractivity contribution is 7.87. The smallest absolute Gasteiger partial charge is 0.279 e. The van der Waals surface area contributed by atoms with Crippen molar-refractivity contribution >= 4 is 21.8 Å². The summed E-state index contributed by atoms with van der Waals surface area (Å²) in [5.74, 6) is -0.405. The molecule has 1 aromatic carbocycles. The van der Waals surface area contributed by atoms with E-state index in [2.05, 4.69) is 10.0 Å². The molecule has 0 saturated carbocycles. The number of para-hydroxylation sites is 1. The highest BCUT2D eigenvalue weighted by Gasteiger charge is 2.19. The number of anilines is 1. The van der Waals surface area contributed by atoms with Gasteiger partial charge in [0, 0.05) is 19.8 Å². The van der Waals surface area contributed by atoms with Gasteiger partial charge in [0.1, 0.15) is 0 Å². The van der Waals surface area contributed by atoms with E-state index in [9.17, 15) is 13.2 Å². The number of rotatable bonds is 5. The molecule has 2 N–H and O–H groups in total. The van der Waals surface area contributed by atoms with Crippen LogP contribution in [0.15, 0.2) is 24.3 Å². The first-order chi connectivity index (χ1) is 9.54. The van der Waals surface area contributed by atoms with Gasteiger partial charge in [-0.15, -0.1) is 0 Å². The molecule has 0 bridgehead atoms. The first-order valence-corrected chi connectivity index (χ1v) is 8.04. The van der Waals surface area contributed by atoms with E-state index in [1.165, 1.54) is 14.1 Å². The Morgan fingerprint density at radius 1 is 1.19 bits per heavy atom. The summed E-state index contributed by atoms with van der Waals surface area (Å²) in [7, 11) is -0.806. The van der Waals surface area contributed by atoms with Crippen LogP contribution in [0.2, 0.25) is 0 Å². The predicted molar refractivity (Wildman–Crippen MR) is 84.4 cm³/mol. The third-order valence-corrected chi connectivity index (χ3v) is 4.38. The summed E-state index contributed by atoms with van der Waals surface area (Å²) in [6.07, 6.45) is 0. The number of carbonyl (C=O) groups excluding carboxylic acids is 1. The maximum absolute atomic E-state index is 11.9. The fourth-order valence-corrected chi connectivity index (χ4v) is 2.30. The predicted octanol–water partition coefficient (Wildman–Crippen LogP) is 1.32. The van der Waals surface area contributed by atoms with Crippen molar-refractivity contribution in [2.75, 3.05) is 26.0 Å². The molecule has 0 saturated heterocycles. The van der Waals surface area contributed by atoms with Crippen LogP contribution in [0.1, 0.15) is 26.3 Å². The van der Waals surface area contributed by atoms with E-state index in [0.717, 1.165) is 9.87 Å². The van der Waals surface area contributed by atoms with Crippen LogP contribution in [-0.2, 0) is 20.4 Å². The van der Waals surface area contributed by atoms with Crippen molar-refractivity contribution in [3.8, 4) is 0 Å². The van der Waals surface area contributed by atoms with Gasteiger partial charge in [-0.2, -0.15) is 17.4 Å². The third-order valence-electron chi connectivity index (χ3n) is 2.91. The molecule has 118 valence electrons. The minimum absolute atomic E-state index is 0.118. The lowest BCUT2D eigenvalue weighted by Gasteiger charge is -2.23. The van der Waals surface area contributed by atoms with Gasteiger partial charge in [0.25, 0.3) is 10.2 Å². The van der Waals surface area contributed by atoms with Gasteiger partial charge in [0.05, 0.1) is 6.54 Å². The minimum Gasteiger partial charge on any atom is -0.325 e. The number of hydrogen-bond acceptors (Lipinski definition) is 3. The Bertz CT molecular complexity index is 604. The van der Waals surface area contributed by atoms with Gasteiger partial charge < -0.3 is 5.32 Å². The fourth-order valence-electron chi connectivity index (χ4n) is 1.73. The van der Waals surface area contributed by atoms with Crippen molar-refractivity contribution in [2.24, 2.45) is 0 Å². The maximum atomic E-state index is 11.9. The SMILES string of the molecule is CN(C)S(=O)(=O)NCC(=O)Nc1ccccc1C(C)(C)C. The van der Waals surface area contributed by atoms with Crippen LogP contribution in [0, 0.1) is 0 Å². The molecule has 0 spiro atoms. The highest BCUT2D eigenvalue weighted by Crippen LogP contribution is 2.29. The number of amides is 1. The van der Waals surface area contributed by atoms with Gasteiger partial charge in [-0.25, -0.2) is 0 Å². The van der Waals surface area contributed by atoms with Crippen molar-refractivity contribution in [1.29, 1.82) is 0 Å². The van der Waals surface area contributed by atoms with Crippen molar-refractivity contribution in [1.82, 2.24) is 9.03 Å². The largest absolute Gasteiger partial charge is 0.325 e. The van der Waals surface area contributed by atoms with Crippen molar-refractivity contribution in [3.05, 3.63) is 29.8 Å². The third kappa shape index (κ3) is 5.11. The Morgan fingerprint density at radius 3 is 2.29 bits per heavy atom. The van der Waals surface area contributed by atoms with Gasteiger partial charge in [-0.3, -0.25) is 4.79 Å². The molecule has 0 aliphatic heterocycles. The summed E-state index contributed by atoms with van der Waals surface area (Å²) in [5, 5.41) is 2.74. The van der Waals surface area contributed by atoms with Gasteiger partial charge in [0.2, 0.25) is 5.91 Å². The molecular formula is C14H23N3O3S. The van der Waals surface area contributed by atoms with Crippen LogP contribution in [0.3, 0.4) is 0 Å². The molecule has 1 amide bonds. The maximum Gasteiger partial charge on any atom is 0.279 e. The fraction of sp³-hybridized carbons (Fsp3) is 0.500. The molecule has 0 radical (unpaired) electrons. The van der Waals surface area contributed by atoms with Gasteiger partial charge in [-0.1, -0.05) is 39.0 Å². The number of hydrogen-bond donors (Lipinski definition) is 2. The van der Waals surface area contributed by atoms with Gasteiger partial charge >= 0.3 is 0 Å². The summed E-state index contributed by atoms with van der Waals surface area (Å²) in [6, 6.07) is 7.48. The standard InChI is InChI=1S/C14H23N3O3S/c1-14(2,3)11-8-6-7-9-12(11)16-13(18)10-15-21(19,20)17(4)5/h6-9,15H,10H2,1-5H3,(H,16,18). The van der Waals surface area contributed by atoms with Gasteiger partial charge in [-0.05, 0) is 17.0 Å². The average molecular weight is 313 g/mol. The first-order valence-electron chi connectivity index (χ1n) is 6.60. The second-order valence-corrected chi connectivity index (χ2v) is 7.92. The molecule has 21 heavy (non-hydrogen) atoms. The Kier molecular flexibility index (Phi) is 5.49. The molecule has 0 unspecified atom stereocenters. The molecule has 0 aliphatic rings. The number of nitrogens with one attached hydrogen (secondary N) is 2. The quantitative estimate of drug-likeness (QED) is 0.860. The topological polar surface area (TPSA) is 78.5 Å². The van der Waals surface area contributed by atoms with Crippen LogP contribution in [-0.4, -0.2) is 39.3 Å². The van der Waals surface area contributed by atoms with Crippen LogP contribution < -0.4 is 10.0 Å². The molecule has 0 aliphatic carbocycles. The van der Waals surface area contributed by atoms with Crippen LogP contribution in [0.25, 0.3) is 0 Å². The molecular weight excluding hydrogens is 290 g/mol. The Balaban J connectivity index is 2.77. The van der Waals surface area contributed by atoms with Crippen molar-refractivity contribution < 1.29 is 13.2 Å². The normalized spacial score (nSPS) is 12.5. The lowest BCUT2D eigenvalue weighted by molar-refractivity contribution is -0.115. The molecule has 0 fully saturated rings. The molecule has 0 atom stereocenters. The lowest BCUT2D eigenvalue weighted by Crippen LogP contribution is -2.40. The Labute approximate surface area is 126 Å². The zero-order valence-corrected chi connectivity index (χ0v) is 13.9. The highest BCUT2D eigenvalue weighted by atomic mass is 32.2. The molecule has 1 rings (SSSR count). The zero-order chi connectivity index (χ0) is 16.3. The van der Waals surface area contributed by atoms with Crippen LogP contribution in [0.4, 0.5) is 5.69 Å². The molecule has 0 heterocycles. The van der Waals surface area contributed by atoms with Crippen LogP contribution >= 0.6 is 0 Å².